The van der Waals surface area contributed by atoms with Crippen molar-refractivity contribution in [2.45, 2.75) is 76.5 Å². The zero-order valence-electron chi connectivity index (χ0n) is 15.0. The topological polar surface area (TPSA) is 54.4 Å². The molecule has 1 aromatic carbocycles. The van der Waals surface area contributed by atoms with Crippen molar-refractivity contribution < 1.29 is 42.5 Å². The maximum atomic E-state index is 10.4. The molecule has 3 nitrogen and oxygen atoms in total. The minimum atomic E-state index is -4.00. The third-order valence-electron chi connectivity index (χ3n) is 3.39. The number of rotatable bonds is 10. The monoisotopic (exact) mass is 350 g/mol. The number of unbranched alkanes of at least 4 members (excludes halogenated alkanes) is 9. The molecule has 0 aliphatic heterocycles. The summed E-state index contributed by atoms with van der Waals surface area (Å²) in [6.45, 7) is 4.43. The molecular weight excluding hydrogens is 319 g/mol. The molecule has 0 atom stereocenters. The van der Waals surface area contributed by atoms with Crippen molar-refractivity contribution in [1.29, 1.82) is 0 Å². The first-order chi connectivity index (χ1) is 10.5. The van der Waals surface area contributed by atoms with E-state index in [-0.39, 0.29) is 34.5 Å². The second-order valence-electron chi connectivity index (χ2n) is 5.46. The molecule has 0 aromatic heterocycles. The molecule has 0 unspecified atom stereocenters. The first-order valence-electron chi connectivity index (χ1n) is 8.32. The van der Waals surface area contributed by atoms with E-state index in [0.29, 0.717) is 0 Å². The van der Waals surface area contributed by atoms with E-state index in [1.54, 1.807) is 18.2 Å². The van der Waals surface area contributed by atoms with E-state index < -0.39 is 10.1 Å². The van der Waals surface area contributed by atoms with E-state index in [1.807, 2.05) is 0 Å². The molecule has 0 spiro atoms. The fourth-order valence-electron chi connectivity index (χ4n) is 2.07. The maximum Gasteiger partial charge on any atom is 1.00 e. The summed E-state index contributed by atoms with van der Waals surface area (Å²) in [7, 11) is -4.00. The molecule has 0 bridgehead atoms. The molecule has 1 rings (SSSR count). The van der Waals surface area contributed by atoms with E-state index in [0.717, 1.165) is 0 Å². The smallest absolute Gasteiger partial charge is 0.332 e. The SMILES string of the molecule is C[CH-]CCCCCCCCCC.O=S(=O)(O)c1ccccc1.[Na+]. The van der Waals surface area contributed by atoms with Crippen LogP contribution in [0.25, 0.3) is 0 Å². The Hall–Kier alpha value is 0.130. The molecule has 0 amide bonds. The Morgan fingerprint density at radius 2 is 1.39 bits per heavy atom. The van der Waals surface area contributed by atoms with E-state index >= 15 is 0 Å². The van der Waals surface area contributed by atoms with Crippen LogP contribution in [0, 0.1) is 6.42 Å². The molecule has 0 aliphatic rings. The Bertz CT molecular complexity index is 437. The molecule has 0 heterocycles. The predicted octanol–water partition coefficient (Wildman–Crippen LogP) is 2.68. The van der Waals surface area contributed by atoms with Crippen LogP contribution in [0.2, 0.25) is 0 Å². The predicted molar refractivity (Wildman–Crippen MR) is 93.5 cm³/mol. The van der Waals surface area contributed by atoms with Crippen LogP contribution in [0.1, 0.15) is 71.6 Å². The standard InChI is InChI=1S/C12H25.C6H6O3S.Na/c1-3-5-7-9-11-12-10-8-6-4-2;7-10(8,9)6-4-2-1-3-5-6;/h3H,4-12H2,1-2H3;1-5H,(H,7,8,9);/q-1;;+1. The van der Waals surface area contributed by atoms with Crippen molar-refractivity contribution >= 4 is 10.1 Å². The van der Waals surface area contributed by atoms with Crippen molar-refractivity contribution in [2.24, 2.45) is 0 Å². The van der Waals surface area contributed by atoms with Crippen LogP contribution in [0.15, 0.2) is 35.2 Å². The summed E-state index contributed by atoms with van der Waals surface area (Å²) in [5.74, 6) is 0. The normalized spacial score (nSPS) is 10.4. The molecular formula is C18H31NaO3S. The number of hydrogen-bond acceptors (Lipinski definition) is 2. The van der Waals surface area contributed by atoms with Gasteiger partial charge in [0.1, 0.15) is 0 Å². The molecule has 5 heteroatoms. The van der Waals surface area contributed by atoms with Gasteiger partial charge in [-0.1, -0.05) is 76.5 Å². The Balaban J connectivity index is 0. The van der Waals surface area contributed by atoms with Crippen LogP contribution in [-0.4, -0.2) is 13.0 Å². The van der Waals surface area contributed by atoms with Crippen molar-refractivity contribution in [2.75, 3.05) is 0 Å². The third-order valence-corrected chi connectivity index (χ3v) is 4.26. The quantitative estimate of drug-likeness (QED) is 0.305. The first kappa shape index (κ1) is 25.4. The minimum Gasteiger partial charge on any atom is -0.332 e. The zero-order chi connectivity index (χ0) is 16.7. The third kappa shape index (κ3) is 16.8. The summed E-state index contributed by atoms with van der Waals surface area (Å²) in [6.07, 6.45) is 15.1. The van der Waals surface area contributed by atoms with Crippen LogP contribution in [0.4, 0.5) is 0 Å². The minimum absolute atomic E-state index is 0. The van der Waals surface area contributed by atoms with Crippen LogP contribution in [0.5, 0.6) is 0 Å². The van der Waals surface area contributed by atoms with Gasteiger partial charge in [0.15, 0.2) is 0 Å². The van der Waals surface area contributed by atoms with Gasteiger partial charge in [-0.25, -0.2) is 0 Å². The van der Waals surface area contributed by atoms with Gasteiger partial charge in [-0.2, -0.15) is 21.8 Å². The van der Waals surface area contributed by atoms with Crippen molar-refractivity contribution in [3.05, 3.63) is 36.8 Å². The summed E-state index contributed by atoms with van der Waals surface area (Å²) in [6, 6.07) is 7.42. The number of hydrogen-bond donors (Lipinski definition) is 1. The van der Waals surface area contributed by atoms with Crippen LogP contribution >= 0.6 is 0 Å². The Morgan fingerprint density at radius 3 is 1.78 bits per heavy atom. The molecule has 23 heavy (non-hydrogen) atoms. The Morgan fingerprint density at radius 1 is 0.913 bits per heavy atom. The van der Waals surface area contributed by atoms with Crippen LogP contribution in [-0.2, 0) is 10.1 Å². The summed E-state index contributed by atoms with van der Waals surface area (Å²) in [5.41, 5.74) is 0. The van der Waals surface area contributed by atoms with Gasteiger partial charge in [0.2, 0.25) is 0 Å². The van der Waals surface area contributed by atoms with E-state index in [2.05, 4.69) is 20.3 Å². The van der Waals surface area contributed by atoms with Gasteiger partial charge in [-0.05, 0) is 12.1 Å². The van der Waals surface area contributed by atoms with Gasteiger partial charge in [-0.15, -0.1) is 0 Å². The largest absolute Gasteiger partial charge is 1.00 e. The van der Waals surface area contributed by atoms with Gasteiger partial charge in [0, 0.05) is 0 Å². The Labute approximate surface area is 165 Å². The second-order valence-corrected chi connectivity index (χ2v) is 6.88. The van der Waals surface area contributed by atoms with Crippen LogP contribution < -0.4 is 29.6 Å². The fraction of sp³-hybridized carbons (Fsp3) is 0.611. The molecule has 0 saturated carbocycles. The average Bonchev–Trinajstić information content (AvgIpc) is 2.51. The van der Waals surface area contributed by atoms with E-state index in [1.165, 1.54) is 69.9 Å². The van der Waals surface area contributed by atoms with Gasteiger partial charge in [-0.3, -0.25) is 4.55 Å². The molecule has 1 N–H and O–H groups in total. The summed E-state index contributed by atoms with van der Waals surface area (Å²) >= 11 is 0. The molecule has 0 aliphatic carbocycles. The van der Waals surface area contributed by atoms with Crippen molar-refractivity contribution in [3.63, 3.8) is 0 Å². The fourth-order valence-corrected chi connectivity index (χ4v) is 2.58. The van der Waals surface area contributed by atoms with Crippen molar-refractivity contribution in [1.82, 2.24) is 0 Å². The van der Waals surface area contributed by atoms with Gasteiger partial charge in [0.05, 0.1) is 4.90 Å². The van der Waals surface area contributed by atoms with Gasteiger partial charge >= 0.3 is 29.6 Å². The van der Waals surface area contributed by atoms with E-state index in [9.17, 15) is 8.42 Å². The molecule has 0 saturated heterocycles. The van der Waals surface area contributed by atoms with Gasteiger partial charge < -0.3 is 6.42 Å². The molecule has 0 radical (unpaired) electrons. The molecule has 0 fully saturated rings. The number of benzene rings is 1. The molecule has 128 valence electrons. The van der Waals surface area contributed by atoms with Crippen LogP contribution in [0.3, 0.4) is 0 Å². The maximum absolute atomic E-state index is 10.4. The molecule has 1 aromatic rings. The van der Waals surface area contributed by atoms with Crippen molar-refractivity contribution in [3.8, 4) is 0 Å². The Kier molecular flexibility index (Phi) is 18.7. The van der Waals surface area contributed by atoms with E-state index in [4.69, 9.17) is 4.55 Å². The first-order valence-corrected chi connectivity index (χ1v) is 9.76. The summed E-state index contributed by atoms with van der Waals surface area (Å²) in [5, 5.41) is 0. The summed E-state index contributed by atoms with van der Waals surface area (Å²) in [4.78, 5) is -0.0741. The second kappa shape index (κ2) is 17.0. The van der Waals surface area contributed by atoms with Gasteiger partial charge in [0.25, 0.3) is 10.1 Å². The zero-order valence-corrected chi connectivity index (χ0v) is 17.8. The average molecular weight is 351 g/mol. The summed E-state index contributed by atoms with van der Waals surface area (Å²) < 4.78 is 29.2.